The molecule has 2 aromatic rings. The Kier molecular flexibility index (Phi) is 4.31. The summed E-state index contributed by atoms with van der Waals surface area (Å²) in [6.45, 7) is 0. The molecule has 2 N–H and O–H groups in total. The van der Waals surface area contributed by atoms with E-state index < -0.39 is 0 Å². The molecule has 3 nitrogen and oxygen atoms in total. The predicted molar refractivity (Wildman–Crippen MR) is 72.5 cm³/mol. The van der Waals surface area contributed by atoms with Gasteiger partial charge in [-0.05, 0) is 42.7 Å². The standard InChI is InChI=1S/C15H18N2O/c1-18-14-7-4-5-12(11-14)15(16)9-8-13-6-2-3-10-17-13/h2-7,10-11,15H,8-9,16H2,1H3. The first-order chi connectivity index (χ1) is 8.79. The second-order valence-electron chi connectivity index (χ2n) is 4.24. The molecule has 1 aromatic carbocycles. The van der Waals surface area contributed by atoms with Gasteiger partial charge in [-0.3, -0.25) is 4.98 Å². The molecule has 0 amide bonds. The summed E-state index contributed by atoms with van der Waals surface area (Å²) in [5.41, 5.74) is 8.36. The van der Waals surface area contributed by atoms with Crippen molar-refractivity contribution in [2.75, 3.05) is 7.11 Å². The smallest absolute Gasteiger partial charge is 0.119 e. The largest absolute Gasteiger partial charge is 0.497 e. The van der Waals surface area contributed by atoms with E-state index in [2.05, 4.69) is 4.98 Å². The number of pyridine rings is 1. The maximum Gasteiger partial charge on any atom is 0.119 e. The number of aryl methyl sites for hydroxylation is 1. The molecule has 94 valence electrons. The van der Waals surface area contributed by atoms with Gasteiger partial charge in [-0.2, -0.15) is 0 Å². The predicted octanol–water partition coefficient (Wildman–Crippen LogP) is 2.72. The number of methoxy groups -OCH3 is 1. The summed E-state index contributed by atoms with van der Waals surface area (Å²) in [6, 6.07) is 13.9. The molecule has 0 saturated carbocycles. The fourth-order valence-corrected chi connectivity index (χ4v) is 1.89. The van der Waals surface area contributed by atoms with Gasteiger partial charge in [-0.1, -0.05) is 18.2 Å². The summed E-state index contributed by atoms with van der Waals surface area (Å²) >= 11 is 0. The van der Waals surface area contributed by atoms with Crippen LogP contribution in [0.3, 0.4) is 0 Å². The minimum absolute atomic E-state index is 0.0158. The third-order valence-corrected chi connectivity index (χ3v) is 2.96. The van der Waals surface area contributed by atoms with Crippen LogP contribution in [0.1, 0.15) is 23.7 Å². The van der Waals surface area contributed by atoms with E-state index in [0.29, 0.717) is 0 Å². The van der Waals surface area contributed by atoms with Crippen LogP contribution in [-0.4, -0.2) is 12.1 Å². The molecule has 0 fully saturated rings. The van der Waals surface area contributed by atoms with Crippen LogP contribution >= 0.6 is 0 Å². The SMILES string of the molecule is COc1cccc(C(N)CCc2ccccn2)c1. The lowest BCUT2D eigenvalue weighted by molar-refractivity contribution is 0.413. The molecule has 0 aliphatic heterocycles. The maximum absolute atomic E-state index is 6.18. The number of ether oxygens (including phenoxy) is 1. The molecule has 2 rings (SSSR count). The lowest BCUT2D eigenvalue weighted by Crippen LogP contribution is -2.11. The summed E-state index contributed by atoms with van der Waals surface area (Å²) in [7, 11) is 1.67. The highest BCUT2D eigenvalue weighted by atomic mass is 16.5. The van der Waals surface area contributed by atoms with Gasteiger partial charge in [0.1, 0.15) is 5.75 Å². The molecular formula is C15H18N2O. The van der Waals surface area contributed by atoms with E-state index in [1.165, 1.54) is 0 Å². The number of rotatable bonds is 5. The van der Waals surface area contributed by atoms with Crippen molar-refractivity contribution >= 4 is 0 Å². The van der Waals surface area contributed by atoms with E-state index in [-0.39, 0.29) is 6.04 Å². The summed E-state index contributed by atoms with van der Waals surface area (Å²) in [6.07, 6.45) is 3.58. The Morgan fingerprint density at radius 3 is 2.83 bits per heavy atom. The van der Waals surface area contributed by atoms with Crippen LogP contribution in [0, 0.1) is 0 Å². The van der Waals surface area contributed by atoms with E-state index in [9.17, 15) is 0 Å². The van der Waals surface area contributed by atoms with Gasteiger partial charge in [0.2, 0.25) is 0 Å². The average Bonchev–Trinajstić information content (AvgIpc) is 2.46. The average molecular weight is 242 g/mol. The number of hydrogen-bond donors (Lipinski definition) is 1. The second-order valence-corrected chi connectivity index (χ2v) is 4.24. The number of nitrogens with zero attached hydrogens (tertiary/aromatic N) is 1. The number of aromatic nitrogens is 1. The van der Waals surface area contributed by atoms with Crippen molar-refractivity contribution < 1.29 is 4.74 Å². The quantitative estimate of drug-likeness (QED) is 0.877. The van der Waals surface area contributed by atoms with Crippen LogP contribution in [-0.2, 0) is 6.42 Å². The van der Waals surface area contributed by atoms with Crippen LogP contribution in [0.2, 0.25) is 0 Å². The lowest BCUT2D eigenvalue weighted by Gasteiger charge is -2.12. The Morgan fingerprint density at radius 2 is 2.11 bits per heavy atom. The summed E-state index contributed by atoms with van der Waals surface area (Å²) in [4.78, 5) is 4.30. The van der Waals surface area contributed by atoms with Crippen LogP contribution < -0.4 is 10.5 Å². The van der Waals surface area contributed by atoms with E-state index >= 15 is 0 Å². The molecule has 0 aliphatic rings. The number of hydrogen-bond acceptors (Lipinski definition) is 3. The minimum atomic E-state index is 0.0158. The zero-order valence-corrected chi connectivity index (χ0v) is 10.5. The Labute approximate surface area is 108 Å². The normalized spacial score (nSPS) is 12.1. The molecule has 0 saturated heterocycles. The Balaban J connectivity index is 1.97. The highest BCUT2D eigenvalue weighted by molar-refractivity contribution is 5.30. The van der Waals surface area contributed by atoms with Crippen molar-refractivity contribution in [2.45, 2.75) is 18.9 Å². The fraction of sp³-hybridized carbons (Fsp3) is 0.267. The molecule has 18 heavy (non-hydrogen) atoms. The Bertz CT molecular complexity index is 485. The van der Waals surface area contributed by atoms with E-state index in [1.807, 2.05) is 48.7 Å². The molecule has 3 heteroatoms. The van der Waals surface area contributed by atoms with Gasteiger partial charge in [0.25, 0.3) is 0 Å². The van der Waals surface area contributed by atoms with Gasteiger partial charge in [-0.25, -0.2) is 0 Å². The molecule has 0 bridgehead atoms. The Hall–Kier alpha value is -1.87. The van der Waals surface area contributed by atoms with Crippen molar-refractivity contribution in [2.24, 2.45) is 5.73 Å². The first kappa shape index (κ1) is 12.6. The third-order valence-electron chi connectivity index (χ3n) is 2.96. The summed E-state index contributed by atoms with van der Waals surface area (Å²) in [5, 5.41) is 0. The zero-order chi connectivity index (χ0) is 12.8. The first-order valence-corrected chi connectivity index (χ1v) is 6.09. The monoisotopic (exact) mass is 242 g/mol. The lowest BCUT2D eigenvalue weighted by atomic mass is 10.0. The van der Waals surface area contributed by atoms with E-state index in [1.54, 1.807) is 7.11 Å². The summed E-state index contributed by atoms with van der Waals surface area (Å²) in [5.74, 6) is 0.848. The van der Waals surface area contributed by atoms with Crippen LogP contribution in [0.25, 0.3) is 0 Å². The topological polar surface area (TPSA) is 48.1 Å². The third kappa shape index (κ3) is 3.31. The molecule has 1 unspecified atom stereocenters. The molecule has 1 heterocycles. The van der Waals surface area contributed by atoms with Crippen molar-refractivity contribution in [3.05, 3.63) is 59.9 Å². The van der Waals surface area contributed by atoms with E-state index in [4.69, 9.17) is 10.5 Å². The molecule has 0 aliphatic carbocycles. The van der Waals surface area contributed by atoms with Crippen molar-refractivity contribution in [3.63, 3.8) is 0 Å². The zero-order valence-electron chi connectivity index (χ0n) is 10.5. The first-order valence-electron chi connectivity index (χ1n) is 6.09. The van der Waals surface area contributed by atoms with Crippen LogP contribution in [0.5, 0.6) is 5.75 Å². The van der Waals surface area contributed by atoms with Gasteiger partial charge in [0.15, 0.2) is 0 Å². The highest BCUT2D eigenvalue weighted by Gasteiger charge is 2.07. The molecule has 0 radical (unpaired) electrons. The van der Waals surface area contributed by atoms with Gasteiger partial charge in [0, 0.05) is 17.9 Å². The van der Waals surface area contributed by atoms with Crippen molar-refractivity contribution in [1.82, 2.24) is 4.98 Å². The van der Waals surface area contributed by atoms with Gasteiger partial charge >= 0.3 is 0 Å². The van der Waals surface area contributed by atoms with Gasteiger partial charge in [-0.15, -0.1) is 0 Å². The second kappa shape index (κ2) is 6.17. The van der Waals surface area contributed by atoms with Gasteiger partial charge < -0.3 is 10.5 Å². The fourth-order valence-electron chi connectivity index (χ4n) is 1.89. The maximum atomic E-state index is 6.18. The summed E-state index contributed by atoms with van der Waals surface area (Å²) < 4.78 is 5.20. The molecular weight excluding hydrogens is 224 g/mol. The van der Waals surface area contributed by atoms with Crippen molar-refractivity contribution in [3.8, 4) is 5.75 Å². The van der Waals surface area contributed by atoms with Crippen LogP contribution in [0.15, 0.2) is 48.7 Å². The molecule has 1 aromatic heterocycles. The molecule has 1 atom stereocenters. The van der Waals surface area contributed by atoms with Gasteiger partial charge in [0.05, 0.1) is 7.11 Å². The van der Waals surface area contributed by atoms with Crippen LogP contribution in [0.4, 0.5) is 0 Å². The van der Waals surface area contributed by atoms with E-state index in [0.717, 1.165) is 29.8 Å². The number of benzene rings is 1. The molecule has 0 spiro atoms. The Morgan fingerprint density at radius 1 is 1.22 bits per heavy atom. The number of nitrogens with two attached hydrogens (primary N) is 1. The highest BCUT2D eigenvalue weighted by Crippen LogP contribution is 2.20. The minimum Gasteiger partial charge on any atom is -0.497 e. The van der Waals surface area contributed by atoms with Crippen molar-refractivity contribution in [1.29, 1.82) is 0 Å².